The predicted octanol–water partition coefficient (Wildman–Crippen LogP) is 15.1. The Kier molecular flexibility index (Phi) is 12.3. The average molecular weight is 881 g/mol. The topological polar surface area (TPSA) is 121 Å². The van der Waals surface area contributed by atoms with Crippen LogP contribution in [0.3, 0.4) is 0 Å². The SMILES string of the molecule is CCc1c(-c2ccc(C=C(C#N)C#N)s2)sc(-c2sc(-c3sc(-c4ccc(C=C(C#N)C#N)s4)c(CC)c3CC)c3nc(-c4ccccc4)c(-c4ccccc4)nc23)c1CC. The van der Waals surface area contributed by atoms with Crippen molar-refractivity contribution >= 4 is 79.9 Å². The summed E-state index contributed by atoms with van der Waals surface area (Å²) in [6.45, 7) is 8.88. The van der Waals surface area contributed by atoms with Crippen LogP contribution in [0.5, 0.6) is 0 Å². The first-order valence-electron chi connectivity index (χ1n) is 19.9. The average Bonchev–Trinajstić information content (AvgIpc) is 4.16. The fraction of sp³-hybridized carbons (Fsp3) is 0.160. The zero-order valence-corrected chi connectivity index (χ0v) is 37.9. The molecule has 0 aliphatic rings. The van der Waals surface area contributed by atoms with Gasteiger partial charge in [0.2, 0.25) is 0 Å². The summed E-state index contributed by atoms with van der Waals surface area (Å²) in [5, 5.41) is 37.8. The number of rotatable bonds is 12. The van der Waals surface area contributed by atoms with Gasteiger partial charge in [0.15, 0.2) is 0 Å². The maximum atomic E-state index is 9.44. The van der Waals surface area contributed by atoms with Gasteiger partial charge in [-0.05, 0) is 84.4 Å². The molecule has 2 aromatic carbocycles. The highest BCUT2D eigenvalue weighted by molar-refractivity contribution is 7.31. The molecule has 6 aromatic heterocycles. The molecule has 8 rings (SSSR count). The van der Waals surface area contributed by atoms with Gasteiger partial charge in [-0.1, -0.05) is 88.4 Å². The quantitative estimate of drug-likeness (QED) is 0.113. The van der Waals surface area contributed by atoms with Crippen molar-refractivity contribution in [2.45, 2.75) is 53.4 Å². The van der Waals surface area contributed by atoms with Crippen molar-refractivity contribution in [3.63, 3.8) is 0 Å². The van der Waals surface area contributed by atoms with E-state index in [1.807, 2.05) is 72.8 Å². The lowest BCUT2D eigenvalue weighted by molar-refractivity contribution is 1.06. The van der Waals surface area contributed by atoms with Crippen LogP contribution >= 0.6 is 56.7 Å². The van der Waals surface area contributed by atoms with Crippen molar-refractivity contribution < 1.29 is 0 Å². The van der Waals surface area contributed by atoms with Gasteiger partial charge in [-0.3, -0.25) is 0 Å². The number of nitrogens with zero attached hydrogens (tertiary/aromatic N) is 6. The minimum Gasteiger partial charge on any atom is -0.242 e. The molecule has 0 atom stereocenters. The Morgan fingerprint density at radius 1 is 0.443 bits per heavy atom. The maximum Gasteiger partial charge on any atom is 0.131 e. The van der Waals surface area contributed by atoms with Crippen molar-refractivity contribution in [2.75, 3.05) is 0 Å². The smallest absolute Gasteiger partial charge is 0.131 e. The number of benzene rings is 2. The summed E-state index contributed by atoms with van der Waals surface area (Å²) >= 11 is 8.57. The molecule has 0 N–H and O–H groups in total. The van der Waals surface area contributed by atoms with E-state index in [0.717, 1.165) is 88.5 Å². The highest BCUT2D eigenvalue weighted by atomic mass is 32.1. The zero-order chi connectivity index (χ0) is 42.6. The maximum absolute atomic E-state index is 9.44. The molecule has 0 unspecified atom stereocenters. The van der Waals surface area contributed by atoms with Crippen molar-refractivity contribution in [1.29, 1.82) is 21.0 Å². The van der Waals surface area contributed by atoms with Crippen molar-refractivity contribution in [2.24, 2.45) is 0 Å². The van der Waals surface area contributed by atoms with E-state index >= 15 is 0 Å². The predicted molar refractivity (Wildman–Crippen MR) is 257 cm³/mol. The Hall–Kier alpha value is -6.28. The van der Waals surface area contributed by atoms with Crippen molar-refractivity contribution in [3.05, 3.63) is 128 Å². The van der Waals surface area contributed by atoms with E-state index in [4.69, 9.17) is 9.97 Å². The molecule has 61 heavy (non-hydrogen) atoms. The summed E-state index contributed by atoms with van der Waals surface area (Å²) in [7, 11) is 0. The van der Waals surface area contributed by atoms with E-state index in [2.05, 4.69) is 64.1 Å². The van der Waals surface area contributed by atoms with Crippen LogP contribution in [-0.2, 0) is 25.7 Å². The van der Waals surface area contributed by atoms with Gasteiger partial charge in [0.25, 0.3) is 0 Å². The molecule has 0 fully saturated rings. The Morgan fingerprint density at radius 2 is 0.787 bits per heavy atom. The van der Waals surface area contributed by atoms with Gasteiger partial charge in [-0.25, -0.2) is 9.97 Å². The molecule has 296 valence electrons. The third-order valence-corrected chi connectivity index (χ3v) is 16.9. The molecule has 0 saturated carbocycles. The zero-order valence-electron chi connectivity index (χ0n) is 33.8. The monoisotopic (exact) mass is 880 g/mol. The Morgan fingerprint density at radius 3 is 1.13 bits per heavy atom. The first-order valence-corrected chi connectivity index (χ1v) is 24.0. The molecule has 0 bridgehead atoms. The number of hydrogen-bond donors (Lipinski definition) is 0. The molecule has 6 nitrogen and oxygen atoms in total. The van der Waals surface area contributed by atoms with Crippen molar-refractivity contribution in [1.82, 2.24) is 9.97 Å². The number of thiophene rings is 5. The van der Waals surface area contributed by atoms with Gasteiger partial charge in [0.05, 0.1) is 30.9 Å². The van der Waals surface area contributed by atoms with Crippen LogP contribution in [0, 0.1) is 45.3 Å². The summed E-state index contributed by atoms with van der Waals surface area (Å²) in [6, 6.07) is 36.8. The number of nitriles is 4. The lowest BCUT2D eigenvalue weighted by Gasteiger charge is -2.11. The number of fused-ring (bicyclic) bond motifs is 1. The van der Waals surface area contributed by atoms with E-state index < -0.39 is 0 Å². The van der Waals surface area contributed by atoms with Crippen LogP contribution in [0.2, 0.25) is 0 Å². The van der Waals surface area contributed by atoms with Gasteiger partial charge >= 0.3 is 0 Å². The Labute approximate surface area is 375 Å². The second kappa shape index (κ2) is 18.1. The molecule has 0 aliphatic heterocycles. The molecular weight excluding hydrogens is 845 g/mol. The second-order valence-corrected chi connectivity index (χ2v) is 19.2. The molecule has 0 saturated heterocycles. The van der Waals surface area contributed by atoms with Gasteiger partial charge in [-0.2, -0.15) is 21.0 Å². The van der Waals surface area contributed by atoms with E-state index in [0.29, 0.717) is 0 Å². The third-order valence-electron chi connectivity index (χ3n) is 10.4. The Bertz CT molecular complexity index is 2930. The van der Waals surface area contributed by atoms with Gasteiger partial charge in [0.1, 0.15) is 46.5 Å². The van der Waals surface area contributed by atoms with Crippen LogP contribution in [0.1, 0.15) is 59.7 Å². The van der Waals surface area contributed by atoms with Crippen LogP contribution < -0.4 is 0 Å². The number of allylic oxidation sites excluding steroid dienone is 2. The first-order chi connectivity index (χ1) is 29.9. The fourth-order valence-corrected chi connectivity index (χ4v) is 14.3. The van der Waals surface area contributed by atoms with Crippen molar-refractivity contribution in [3.8, 4) is 85.8 Å². The normalized spacial score (nSPS) is 10.8. The molecular formula is C50H36N6S5. The lowest BCUT2D eigenvalue weighted by Crippen LogP contribution is -1.96. The van der Waals surface area contributed by atoms with E-state index in [9.17, 15) is 21.0 Å². The lowest BCUT2D eigenvalue weighted by atomic mass is 10.0. The third kappa shape index (κ3) is 7.80. The van der Waals surface area contributed by atoms with Gasteiger partial charge in [0, 0.05) is 40.4 Å². The van der Waals surface area contributed by atoms with E-state index in [-0.39, 0.29) is 11.1 Å². The van der Waals surface area contributed by atoms with E-state index in [1.165, 1.54) is 41.8 Å². The molecule has 0 radical (unpaired) electrons. The van der Waals surface area contributed by atoms with Crippen LogP contribution in [0.4, 0.5) is 0 Å². The second-order valence-electron chi connectivity index (χ2n) is 13.9. The van der Waals surface area contributed by atoms with Crippen LogP contribution in [-0.4, -0.2) is 9.97 Å². The minimum atomic E-state index is 0.0865. The molecule has 6 heterocycles. The highest BCUT2D eigenvalue weighted by Crippen LogP contribution is 2.55. The fourth-order valence-electron chi connectivity index (χ4n) is 7.68. The first kappa shape index (κ1) is 41.5. The summed E-state index contributed by atoms with van der Waals surface area (Å²) < 4.78 is 0. The summed E-state index contributed by atoms with van der Waals surface area (Å²) in [5.41, 5.74) is 10.8. The number of hydrogen-bond acceptors (Lipinski definition) is 11. The number of aromatic nitrogens is 2. The summed E-state index contributed by atoms with van der Waals surface area (Å²) in [4.78, 5) is 22.3. The molecule has 0 spiro atoms. The highest BCUT2D eigenvalue weighted by Gasteiger charge is 2.29. The van der Waals surface area contributed by atoms with Crippen LogP contribution in [0.15, 0.2) is 96.1 Å². The standard InChI is InChI=1S/C50H36N6S5/c1-5-35-37(7-3)47(59-45(35)39-21-19-33(57-39)23-29(25-51)26-52)49-43-44(56-42(32-17-13-10-14-18-32)41(55-43)31-15-11-9-12-16-31)50(61-49)48-38(8-4)36(6-2)46(60-48)40-22-20-34(58-40)24-30(27-53)28-54/h9-24H,5-8H2,1-4H3. The summed E-state index contributed by atoms with van der Waals surface area (Å²) in [5.74, 6) is 0. The molecule has 0 aliphatic carbocycles. The molecule has 8 aromatic rings. The van der Waals surface area contributed by atoms with Gasteiger partial charge in [-0.15, -0.1) is 56.7 Å². The summed E-state index contributed by atoms with van der Waals surface area (Å²) in [6.07, 6.45) is 6.71. The molecule has 0 amide bonds. The Balaban J connectivity index is 1.42. The van der Waals surface area contributed by atoms with Gasteiger partial charge < -0.3 is 0 Å². The minimum absolute atomic E-state index is 0.0865. The van der Waals surface area contributed by atoms with E-state index in [1.54, 1.807) is 68.8 Å². The molecule has 11 heteroatoms. The largest absolute Gasteiger partial charge is 0.242 e. The van der Waals surface area contributed by atoms with Crippen LogP contribution in [0.25, 0.3) is 84.7 Å².